The van der Waals surface area contributed by atoms with Crippen LogP contribution in [0.4, 0.5) is 10.5 Å². The number of piperidine rings is 1. The van der Waals surface area contributed by atoms with Gasteiger partial charge < -0.3 is 24.6 Å². The first kappa shape index (κ1) is 20.6. The van der Waals surface area contributed by atoms with Gasteiger partial charge in [-0.1, -0.05) is 13.8 Å². The zero-order valence-corrected chi connectivity index (χ0v) is 17.8. The summed E-state index contributed by atoms with van der Waals surface area (Å²) >= 11 is 1.86. The highest BCUT2D eigenvalue weighted by Crippen LogP contribution is 2.44. The Kier molecular flexibility index (Phi) is 6.27. The van der Waals surface area contributed by atoms with Crippen molar-refractivity contribution in [1.82, 2.24) is 9.80 Å². The maximum absolute atomic E-state index is 12.7. The van der Waals surface area contributed by atoms with E-state index < -0.39 is 0 Å². The van der Waals surface area contributed by atoms with Gasteiger partial charge in [0.25, 0.3) is 0 Å². The third-order valence-corrected chi connectivity index (χ3v) is 6.92. The molecule has 0 bridgehead atoms. The summed E-state index contributed by atoms with van der Waals surface area (Å²) in [6.45, 7) is 5.95. The summed E-state index contributed by atoms with van der Waals surface area (Å²) in [5, 5.41) is 2.93. The number of ether oxygens (including phenoxy) is 2. The summed E-state index contributed by atoms with van der Waals surface area (Å²) in [6.07, 6.45) is 1.59. The number of carbonyl (C=O) groups is 2. The van der Waals surface area contributed by atoms with Crippen molar-refractivity contribution < 1.29 is 19.1 Å². The Labute approximate surface area is 170 Å². The van der Waals surface area contributed by atoms with Gasteiger partial charge in [0.05, 0.1) is 19.1 Å². The van der Waals surface area contributed by atoms with E-state index in [4.69, 9.17) is 9.47 Å². The normalized spacial score (nSPS) is 18.5. The van der Waals surface area contributed by atoms with E-state index in [1.165, 1.54) is 0 Å². The molecule has 2 aliphatic rings. The van der Waals surface area contributed by atoms with Gasteiger partial charge in [0, 0.05) is 55.2 Å². The number of urea groups is 1. The lowest BCUT2D eigenvalue weighted by Crippen LogP contribution is -2.55. The first-order valence-electron chi connectivity index (χ1n) is 9.63. The van der Waals surface area contributed by atoms with Crippen molar-refractivity contribution >= 4 is 29.4 Å². The Balaban J connectivity index is 1.63. The smallest absolute Gasteiger partial charge is 0.321 e. The summed E-state index contributed by atoms with van der Waals surface area (Å²) < 4.78 is 10.5. The van der Waals surface area contributed by atoms with Crippen LogP contribution in [-0.4, -0.2) is 66.2 Å². The Hall–Kier alpha value is -2.09. The molecule has 1 aromatic rings. The van der Waals surface area contributed by atoms with E-state index in [2.05, 4.69) is 5.32 Å². The third-order valence-electron chi connectivity index (χ3n) is 5.37. The molecule has 0 unspecified atom stereocenters. The van der Waals surface area contributed by atoms with Gasteiger partial charge in [-0.2, -0.15) is 0 Å². The van der Waals surface area contributed by atoms with Crippen LogP contribution < -0.4 is 14.8 Å². The van der Waals surface area contributed by atoms with Crippen LogP contribution in [0.2, 0.25) is 0 Å². The quantitative estimate of drug-likeness (QED) is 0.830. The number of methoxy groups -OCH3 is 2. The van der Waals surface area contributed by atoms with E-state index in [0.29, 0.717) is 30.3 Å². The average molecular weight is 408 g/mol. The molecule has 2 heterocycles. The van der Waals surface area contributed by atoms with Crippen LogP contribution in [0.25, 0.3) is 0 Å². The molecule has 7 nitrogen and oxygen atoms in total. The molecular weight excluding hydrogens is 378 g/mol. The fourth-order valence-electron chi connectivity index (χ4n) is 3.79. The number of amides is 3. The third kappa shape index (κ3) is 4.16. The Morgan fingerprint density at radius 2 is 1.68 bits per heavy atom. The molecule has 3 rings (SSSR count). The fraction of sp³-hybridized carbons (Fsp3) is 0.600. The van der Waals surface area contributed by atoms with E-state index in [9.17, 15) is 9.59 Å². The summed E-state index contributed by atoms with van der Waals surface area (Å²) in [6, 6.07) is 5.15. The molecule has 1 spiro atoms. The molecule has 0 aromatic heterocycles. The first-order chi connectivity index (χ1) is 13.4. The summed E-state index contributed by atoms with van der Waals surface area (Å²) in [5.41, 5.74) is 0.633. The maximum Gasteiger partial charge on any atom is 0.321 e. The highest BCUT2D eigenvalue weighted by Gasteiger charge is 2.47. The minimum Gasteiger partial charge on any atom is -0.497 e. The van der Waals surface area contributed by atoms with Crippen LogP contribution in [0.5, 0.6) is 11.5 Å². The van der Waals surface area contributed by atoms with Crippen molar-refractivity contribution in [2.45, 2.75) is 31.6 Å². The number of benzene rings is 1. The molecule has 28 heavy (non-hydrogen) atoms. The van der Waals surface area contributed by atoms with E-state index in [0.717, 1.165) is 25.1 Å². The van der Waals surface area contributed by atoms with Crippen LogP contribution in [0, 0.1) is 5.92 Å². The van der Waals surface area contributed by atoms with E-state index >= 15 is 0 Å². The summed E-state index contributed by atoms with van der Waals surface area (Å²) in [4.78, 5) is 29.0. The molecule has 154 valence electrons. The molecule has 0 aliphatic carbocycles. The van der Waals surface area contributed by atoms with Gasteiger partial charge in [-0.15, -0.1) is 11.8 Å². The van der Waals surface area contributed by atoms with Gasteiger partial charge in [0.2, 0.25) is 5.91 Å². The van der Waals surface area contributed by atoms with Crippen LogP contribution in [0.1, 0.15) is 26.7 Å². The topological polar surface area (TPSA) is 71.1 Å². The Bertz CT molecular complexity index is 710. The van der Waals surface area contributed by atoms with E-state index in [1.54, 1.807) is 32.4 Å². The highest BCUT2D eigenvalue weighted by molar-refractivity contribution is 8.00. The van der Waals surface area contributed by atoms with Crippen molar-refractivity contribution in [3.05, 3.63) is 18.2 Å². The number of thioether (sulfide) groups is 1. The number of rotatable bonds is 4. The monoisotopic (exact) mass is 407 g/mol. The number of carbonyl (C=O) groups excluding carboxylic acids is 2. The minimum absolute atomic E-state index is 0.0000513. The lowest BCUT2D eigenvalue weighted by molar-refractivity contribution is -0.137. The van der Waals surface area contributed by atoms with Gasteiger partial charge in [0.1, 0.15) is 11.5 Å². The average Bonchev–Trinajstić information content (AvgIpc) is 3.10. The van der Waals surface area contributed by atoms with Gasteiger partial charge in [-0.3, -0.25) is 4.79 Å². The SMILES string of the molecule is COc1cc(NC(=O)N2CCC3(CC2)SCCN3C(=O)C(C)C)cc(OC)c1. The largest absolute Gasteiger partial charge is 0.497 e. The van der Waals surface area contributed by atoms with Gasteiger partial charge in [-0.25, -0.2) is 4.79 Å². The molecular formula is C20H29N3O4S. The van der Waals surface area contributed by atoms with Crippen molar-refractivity contribution in [3.63, 3.8) is 0 Å². The zero-order valence-electron chi connectivity index (χ0n) is 17.0. The van der Waals surface area contributed by atoms with Crippen LogP contribution in [0.3, 0.4) is 0 Å². The van der Waals surface area contributed by atoms with Gasteiger partial charge >= 0.3 is 6.03 Å². The maximum atomic E-state index is 12.7. The second kappa shape index (κ2) is 8.51. The number of anilines is 1. The molecule has 2 fully saturated rings. The lowest BCUT2D eigenvalue weighted by Gasteiger charge is -2.44. The number of nitrogens with one attached hydrogen (secondary N) is 1. The summed E-state index contributed by atoms with van der Waals surface area (Å²) in [7, 11) is 3.15. The summed E-state index contributed by atoms with van der Waals surface area (Å²) in [5.74, 6) is 2.43. The second-order valence-corrected chi connectivity index (χ2v) is 8.91. The van der Waals surface area contributed by atoms with Crippen LogP contribution in [0.15, 0.2) is 18.2 Å². The van der Waals surface area contributed by atoms with Crippen LogP contribution in [-0.2, 0) is 4.79 Å². The van der Waals surface area contributed by atoms with Crippen molar-refractivity contribution in [2.75, 3.05) is 44.9 Å². The van der Waals surface area contributed by atoms with E-state index in [1.807, 2.05) is 35.4 Å². The molecule has 3 amide bonds. The molecule has 2 saturated heterocycles. The number of likely N-dealkylation sites (tertiary alicyclic amines) is 1. The highest BCUT2D eigenvalue weighted by atomic mass is 32.2. The predicted octanol–water partition coefficient (Wildman–Crippen LogP) is 3.26. The second-order valence-electron chi connectivity index (χ2n) is 7.46. The Morgan fingerprint density at radius 1 is 1.07 bits per heavy atom. The molecule has 2 aliphatic heterocycles. The number of hydrogen-bond acceptors (Lipinski definition) is 5. The minimum atomic E-state index is -0.155. The van der Waals surface area contributed by atoms with E-state index in [-0.39, 0.29) is 22.7 Å². The zero-order chi connectivity index (χ0) is 20.3. The lowest BCUT2D eigenvalue weighted by atomic mass is 10.0. The predicted molar refractivity (Wildman–Crippen MR) is 111 cm³/mol. The van der Waals surface area contributed by atoms with Gasteiger partial charge in [-0.05, 0) is 12.8 Å². The number of nitrogens with zero attached hydrogens (tertiary/aromatic N) is 2. The van der Waals surface area contributed by atoms with Gasteiger partial charge in [0.15, 0.2) is 0 Å². The number of hydrogen-bond donors (Lipinski definition) is 1. The van der Waals surface area contributed by atoms with Crippen molar-refractivity contribution in [2.24, 2.45) is 5.92 Å². The molecule has 8 heteroatoms. The molecule has 1 N–H and O–H groups in total. The van der Waals surface area contributed by atoms with Crippen molar-refractivity contribution in [1.29, 1.82) is 0 Å². The van der Waals surface area contributed by atoms with Crippen molar-refractivity contribution in [3.8, 4) is 11.5 Å². The first-order valence-corrected chi connectivity index (χ1v) is 10.6. The van der Waals surface area contributed by atoms with Crippen LogP contribution >= 0.6 is 11.8 Å². The fourth-order valence-corrected chi connectivity index (χ4v) is 5.25. The standard InChI is InChI=1S/C20H29N3O4S/c1-14(2)18(24)23-9-10-28-20(23)5-7-22(8-6-20)19(25)21-15-11-16(26-3)13-17(12-15)27-4/h11-14H,5-10H2,1-4H3,(H,21,25). The molecule has 0 radical (unpaired) electrons. The molecule has 0 atom stereocenters. The molecule has 0 saturated carbocycles. The Morgan fingerprint density at radius 3 is 2.21 bits per heavy atom. The molecule has 1 aromatic carbocycles.